The lowest BCUT2D eigenvalue weighted by Gasteiger charge is -2.36. The summed E-state index contributed by atoms with van der Waals surface area (Å²) in [5, 5.41) is 1.05. The molecule has 1 amide bonds. The van der Waals surface area contributed by atoms with Crippen LogP contribution < -0.4 is 10.5 Å². The van der Waals surface area contributed by atoms with E-state index in [1.807, 2.05) is 12.1 Å². The largest absolute Gasteiger partial charge is 0.367 e. The number of rotatable bonds is 3. The molecule has 25 heavy (non-hydrogen) atoms. The highest BCUT2D eigenvalue weighted by molar-refractivity contribution is 6.43. The molecule has 1 aliphatic heterocycles. The Morgan fingerprint density at radius 3 is 2.60 bits per heavy atom. The van der Waals surface area contributed by atoms with Crippen molar-refractivity contribution in [1.82, 2.24) is 14.5 Å². The van der Waals surface area contributed by atoms with E-state index in [0.29, 0.717) is 41.9 Å². The van der Waals surface area contributed by atoms with Crippen LogP contribution in [0.5, 0.6) is 0 Å². The van der Waals surface area contributed by atoms with Crippen LogP contribution in [0.15, 0.2) is 35.4 Å². The zero-order chi connectivity index (χ0) is 18.0. The van der Waals surface area contributed by atoms with E-state index < -0.39 is 0 Å². The molecule has 0 spiro atoms. The van der Waals surface area contributed by atoms with Crippen molar-refractivity contribution < 1.29 is 4.79 Å². The molecule has 6 nitrogen and oxygen atoms in total. The zero-order valence-electron chi connectivity index (χ0n) is 13.8. The minimum absolute atomic E-state index is 0.00400. The molecule has 1 aromatic carbocycles. The Morgan fingerprint density at radius 2 is 1.92 bits per heavy atom. The summed E-state index contributed by atoms with van der Waals surface area (Å²) < 4.78 is 1.33. The van der Waals surface area contributed by atoms with Crippen molar-refractivity contribution in [3.05, 3.63) is 56.7 Å². The Balaban J connectivity index is 1.63. The molecule has 1 aliphatic rings. The maximum atomic E-state index is 12.4. The van der Waals surface area contributed by atoms with Gasteiger partial charge in [-0.25, -0.2) is 4.98 Å². The first-order valence-electron chi connectivity index (χ1n) is 7.95. The van der Waals surface area contributed by atoms with Gasteiger partial charge >= 0.3 is 0 Å². The second kappa shape index (κ2) is 7.45. The Kier molecular flexibility index (Phi) is 5.30. The van der Waals surface area contributed by atoms with Crippen LogP contribution in [-0.4, -0.2) is 46.5 Å². The monoisotopic (exact) mass is 380 g/mol. The molecule has 8 heteroatoms. The van der Waals surface area contributed by atoms with E-state index in [9.17, 15) is 9.59 Å². The number of hydrogen-bond acceptors (Lipinski definition) is 4. The van der Waals surface area contributed by atoms with Crippen molar-refractivity contribution in [3.8, 4) is 0 Å². The third kappa shape index (κ3) is 3.96. The van der Waals surface area contributed by atoms with Crippen molar-refractivity contribution in [2.24, 2.45) is 0 Å². The van der Waals surface area contributed by atoms with Gasteiger partial charge in [-0.1, -0.05) is 29.3 Å². The van der Waals surface area contributed by atoms with Crippen molar-refractivity contribution in [2.45, 2.75) is 13.5 Å². The fourth-order valence-electron chi connectivity index (χ4n) is 2.81. The molecule has 0 atom stereocenters. The lowest BCUT2D eigenvalue weighted by Crippen LogP contribution is -2.50. The van der Waals surface area contributed by atoms with Crippen molar-refractivity contribution in [3.63, 3.8) is 0 Å². The van der Waals surface area contributed by atoms with Crippen LogP contribution in [0.1, 0.15) is 5.69 Å². The standard InChI is InChI=1S/C17H18Cl2N4O2/c1-12-9-15(24)23(11-20-12)10-16(25)22-7-5-21(6-8-22)14-4-2-3-13(18)17(14)19/h2-4,9,11H,5-8,10H2,1H3. The summed E-state index contributed by atoms with van der Waals surface area (Å²) >= 11 is 12.3. The van der Waals surface area contributed by atoms with E-state index in [0.717, 1.165) is 5.69 Å². The topological polar surface area (TPSA) is 58.4 Å². The molecule has 1 saturated heterocycles. The molecule has 1 aromatic heterocycles. The van der Waals surface area contributed by atoms with Gasteiger partial charge in [-0.15, -0.1) is 0 Å². The van der Waals surface area contributed by atoms with Gasteiger partial charge in [0.05, 0.1) is 22.1 Å². The van der Waals surface area contributed by atoms with E-state index in [2.05, 4.69) is 9.88 Å². The molecular formula is C17H18Cl2N4O2. The van der Waals surface area contributed by atoms with Gasteiger partial charge in [0.25, 0.3) is 5.56 Å². The SMILES string of the molecule is Cc1cc(=O)n(CC(=O)N2CCN(c3cccc(Cl)c3Cl)CC2)cn1. The maximum absolute atomic E-state index is 12.4. The normalized spacial score (nSPS) is 14.7. The molecule has 2 heterocycles. The van der Waals surface area contributed by atoms with Gasteiger partial charge in [0.1, 0.15) is 6.54 Å². The second-order valence-corrected chi connectivity index (χ2v) is 6.72. The Labute approximate surface area is 155 Å². The van der Waals surface area contributed by atoms with Gasteiger partial charge in [-0.2, -0.15) is 0 Å². The predicted octanol–water partition coefficient (Wildman–Crippen LogP) is 2.21. The molecule has 0 N–H and O–H groups in total. The average molecular weight is 381 g/mol. The molecule has 132 valence electrons. The van der Waals surface area contributed by atoms with Gasteiger partial charge in [0, 0.05) is 37.9 Å². The predicted molar refractivity (Wildman–Crippen MR) is 98.5 cm³/mol. The third-order valence-electron chi connectivity index (χ3n) is 4.23. The highest BCUT2D eigenvalue weighted by Crippen LogP contribution is 2.32. The molecule has 2 aromatic rings. The molecular weight excluding hydrogens is 363 g/mol. The summed E-state index contributed by atoms with van der Waals surface area (Å²) in [5.74, 6) is -0.0930. The highest BCUT2D eigenvalue weighted by Gasteiger charge is 2.23. The lowest BCUT2D eigenvalue weighted by atomic mass is 10.2. The van der Waals surface area contributed by atoms with Crippen molar-refractivity contribution in [2.75, 3.05) is 31.1 Å². The van der Waals surface area contributed by atoms with Gasteiger partial charge in [-0.3, -0.25) is 14.2 Å². The maximum Gasteiger partial charge on any atom is 0.253 e. The number of piperazine rings is 1. The Hall–Kier alpha value is -2.05. The van der Waals surface area contributed by atoms with E-state index in [4.69, 9.17) is 23.2 Å². The molecule has 0 saturated carbocycles. The van der Waals surface area contributed by atoms with Crippen LogP contribution in [0.4, 0.5) is 5.69 Å². The Bertz CT molecular complexity index is 845. The number of carbonyl (C=O) groups is 1. The number of nitrogens with zero attached hydrogens (tertiary/aromatic N) is 4. The molecule has 1 fully saturated rings. The van der Waals surface area contributed by atoms with Crippen LogP contribution in [0.25, 0.3) is 0 Å². The van der Waals surface area contributed by atoms with E-state index >= 15 is 0 Å². The number of halogens is 2. The molecule has 3 rings (SSSR count). The summed E-state index contributed by atoms with van der Waals surface area (Å²) in [7, 11) is 0. The summed E-state index contributed by atoms with van der Waals surface area (Å²) in [5.41, 5.74) is 1.30. The van der Waals surface area contributed by atoms with Gasteiger partial charge < -0.3 is 9.80 Å². The van der Waals surface area contributed by atoms with E-state index in [-0.39, 0.29) is 18.0 Å². The van der Waals surface area contributed by atoms with Crippen molar-refractivity contribution in [1.29, 1.82) is 0 Å². The lowest BCUT2D eigenvalue weighted by molar-refractivity contribution is -0.132. The highest BCUT2D eigenvalue weighted by atomic mass is 35.5. The minimum atomic E-state index is -0.217. The van der Waals surface area contributed by atoms with Crippen molar-refractivity contribution >= 4 is 34.8 Å². The number of carbonyl (C=O) groups excluding carboxylic acids is 1. The van der Waals surface area contributed by atoms with Crippen LogP contribution >= 0.6 is 23.2 Å². The first kappa shape index (κ1) is 17.8. The average Bonchev–Trinajstić information content (AvgIpc) is 2.60. The second-order valence-electron chi connectivity index (χ2n) is 5.94. The first-order chi connectivity index (χ1) is 12.0. The van der Waals surface area contributed by atoms with Crippen LogP contribution in [0.3, 0.4) is 0 Å². The fourth-order valence-corrected chi connectivity index (χ4v) is 3.23. The fraction of sp³-hybridized carbons (Fsp3) is 0.353. The molecule has 0 bridgehead atoms. The first-order valence-corrected chi connectivity index (χ1v) is 8.71. The number of aryl methyl sites for hydroxylation is 1. The third-order valence-corrected chi connectivity index (χ3v) is 5.04. The van der Waals surface area contributed by atoms with Gasteiger partial charge in [0.2, 0.25) is 5.91 Å². The summed E-state index contributed by atoms with van der Waals surface area (Å²) in [6.45, 7) is 4.20. The zero-order valence-corrected chi connectivity index (χ0v) is 15.3. The number of aromatic nitrogens is 2. The minimum Gasteiger partial charge on any atom is -0.367 e. The Morgan fingerprint density at radius 1 is 1.20 bits per heavy atom. The van der Waals surface area contributed by atoms with E-state index in [1.54, 1.807) is 17.9 Å². The van der Waals surface area contributed by atoms with Gasteiger partial charge in [0.15, 0.2) is 0 Å². The molecule has 0 radical (unpaired) electrons. The number of amides is 1. The molecule has 0 unspecified atom stereocenters. The summed E-state index contributed by atoms with van der Waals surface area (Å²) in [4.78, 5) is 32.2. The van der Waals surface area contributed by atoms with Crippen LogP contribution in [-0.2, 0) is 11.3 Å². The smallest absolute Gasteiger partial charge is 0.253 e. The summed E-state index contributed by atoms with van der Waals surface area (Å²) in [6.07, 6.45) is 1.41. The number of hydrogen-bond donors (Lipinski definition) is 0. The van der Waals surface area contributed by atoms with Crippen LogP contribution in [0, 0.1) is 6.92 Å². The quantitative estimate of drug-likeness (QED) is 0.818. The number of benzene rings is 1. The van der Waals surface area contributed by atoms with Crippen LogP contribution in [0.2, 0.25) is 10.0 Å². The van der Waals surface area contributed by atoms with Gasteiger partial charge in [-0.05, 0) is 19.1 Å². The molecule has 0 aliphatic carbocycles. The van der Waals surface area contributed by atoms with E-state index in [1.165, 1.54) is 17.0 Å². The summed E-state index contributed by atoms with van der Waals surface area (Å²) in [6, 6.07) is 6.95. The number of anilines is 1.